The highest BCUT2D eigenvalue weighted by Gasteiger charge is 2.41. The maximum atomic E-state index is 13.5. The van der Waals surface area contributed by atoms with Crippen molar-refractivity contribution >= 4 is 11.6 Å². The number of ketones is 2. The number of Topliss-reactive ketones (excluding diaryl/α,β-unsaturated/α-hetero) is 2. The van der Waals surface area contributed by atoms with E-state index in [1.165, 1.54) is 37.8 Å². The van der Waals surface area contributed by atoms with E-state index in [4.69, 9.17) is 0 Å². The molecule has 3 heteroatoms. The van der Waals surface area contributed by atoms with Crippen LogP contribution in [-0.2, 0) is 9.59 Å². The van der Waals surface area contributed by atoms with Gasteiger partial charge in [-0.1, -0.05) is 82.1 Å². The highest BCUT2D eigenvalue weighted by molar-refractivity contribution is 6.29. The average Bonchev–Trinajstić information content (AvgIpc) is 2.76. The molecular weight excluding hydrogens is 382 g/mol. The van der Waals surface area contributed by atoms with E-state index in [0.717, 1.165) is 29.7 Å². The predicted molar refractivity (Wildman–Crippen MR) is 128 cm³/mol. The SMILES string of the molecule is C=C(/C=C\C=C/C)CN1C(CC2CCCCC2)=CCC2=C1C(=O)C(=CC)C(=O)C2CC. The van der Waals surface area contributed by atoms with Crippen molar-refractivity contribution in [1.82, 2.24) is 4.90 Å². The largest absolute Gasteiger partial charge is 0.338 e. The molecule has 1 unspecified atom stereocenters. The van der Waals surface area contributed by atoms with Gasteiger partial charge in [-0.3, -0.25) is 9.59 Å². The van der Waals surface area contributed by atoms with Crippen LogP contribution in [0, 0.1) is 11.8 Å². The molecule has 1 saturated carbocycles. The zero-order chi connectivity index (χ0) is 22.4. The Hall–Kier alpha value is -2.42. The Labute approximate surface area is 188 Å². The molecule has 1 fully saturated rings. The molecule has 31 heavy (non-hydrogen) atoms. The van der Waals surface area contributed by atoms with Crippen LogP contribution in [0.3, 0.4) is 0 Å². The van der Waals surface area contributed by atoms with Crippen LogP contribution in [0.25, 0.3) is 0 Å². The summed E-state index contributed by atoms with van der Waals surface area (Å²) >= 11 is 0. The lowest BCUT2D eigenvalue weighted by Crippen LogP contribution is -2.41. The second-order valence-electron chi connectivity index (χ2n) is 8.97. The molecule has 3 rings (SSSR count). The van der Waals surface area contributed by atoms with Gasteiger partial charge in [0.25, 0.3) is 0 Å². The van der Waals surface area contributed by atoms with Gasteiger partial charge in [0.2, 0.25) is 5.78 Å². The van der Waals surface area contributed by atoms with E-state index in [0.29, 0.717) is 24.5 Å². The Bertz CT molecular complexity index is 875. The minimum Gasteiger partial charge on any atom is -0.338 e. The van der Waals surface area contributed by atoms with Crippen LogP contribution in [0.2, 0.25) is 0 Å². The normalized spacial score (nSPS) is 24.5. The number of allylic oxidation sites excluding steroid dienone is 8. The Kier molecular flexibility index (Phi) is 8.06. The third kappa shape index (κ3) is 5.08. The van der Waals surface area contributed by atoms with E-state index in [9.17, 15) is 9.59 Å². The number of rotatable bonds is 7. The van der Waals surface area contributed by atoms with Crippen LogP contribution in [-0.4, -0.2) is 23.0 Å². The van der Waals surface area contributed by atoms with Gasteiger partial charge in [0.1, 0.15) is 0 Å². The van der Waals surface area contributed by atoms with Crippen LogP contribution >= 0.6 is 0 Å². The van der Waals surface area contributed by atoms with Crippen LogP contribution < -0.4 is 0 Å². The maximum absolute atomic E-state index is 13.5. The van der Waals surface area contributed by atoms with Gasteiger partial charge in [0.05, 0.1) is 11.3 Å². The van der Waals surface area contributed by atoms with E-state index < -0.39 is 0 Å². The zero-order valence-electron chi connectivity index (χ0n) is 19.5. The highest BCUT2D eigenvalue weighted by Crippen LogP contribution is 2.42. The van der Waals surface area contributed by atoms with Crippen molar-refractivity contribution in [2.75, 3.05) is 6.54 Å². The van der Waals surface area contributed by atoms with Crippen molar-refractivity contribution in [1.29, 1.82) is 0 Å². The summed E-state index contributed by atoms with van der Waals surface area (Å²) in [6, 6.07) is 0. The lowest BCUT2D eigenvalue weighted by molar-refractivity contribution is -0.123. The summed E-state index contributed by atoms with van der Waals surface area (Å²) in [6.45, 7) is 10.7. The van der Waals surface area contributed by atoms with Crippen molar-refractivity contribution in [2.24, 2.45) is 11.8 Å². The molecule has 3 aliphatic rings. The van der Waals surface area contributed by atoms with Gasteiger partial charge in [-0.15, -0.1) is 0 Å². The van der Waals surface area contributed by atoms with Crippen molar-refractivity contribution in [2.45, 2.75) is 72.1 Å². The number of carbonyl (C=O) groups is 2. The fraction of sp³-hybridized carbons (Fsp3) is 0.500. The van der Waals surface area contributed by atoms with Crippen molar-refractivity contribution < 1.29 is 9.59 Å². The minimum absolute atomic E-state index is 0.00960. The number of carbonyl (C=O) groups excluding carboxylic acids is 2. The van der Waals surface area contributed by atoms with Gasteiger partial charge >= 0.3 is 0 Å². The lowest BCUT2D eigenvalue weighted by atomic mass is 9.75. The first kappa shape index (κ1) is 23.2. The molecule has 1 atom stereocenters. The third-order valence-electron chi connectivity index (χ3n) is 6.86. The average molecular weight is 420 g/mol. The monoisotopic (exact) mass is 419 g/mol. The Morgan fingerprint density at radius 1 is 1.16 bits per heavy atom. The van der Waals surface area contributed by atoms with E-state index in [-0.39, 0.29) is 17.5 Å². The molecule has 0 amide bonds. The van der Waals surface area contributed by atoms with E-state index >= 15 is 0 Å². The quantitative estimate of drug-likeness (QED) is 0.265. The summed E-state index contributed by atoms with van der Waals surface area (Å²) in [6.07, 6.45) is 20.9. The summed E-state index contributed by atoms with van der Waals surface area (Å²) in [5.41, 5.74) is 4.29. The minimum atomic E-state index is -0.194. The summed E-state index contributed by atoms with van der Waals surface area (Å²) in [7, 11) is 0. The van der Waals surface area contributed by atoms with Crippen LogP contribution in [0.4, 0.5) is 0 Å². The molecule has 166 valence electrons. The van der Waals surface area contributed by atoms with Gasteiger partial charge in [0, 0.05) is 18.2 Å². The molecule has 0 aromatic rings. The molecule has 1 heterocycles. The van der Waals surface area contributed by atoms with Gasteiger partial charge in [-0.05, 0) is 50.2 Å². The lowest BCUT2D eigenvalue weighted by Gasteiger charge is -2.40. The smallest absolute Gasteiger partial charge is 0.212 e. The zero-order valence-corrected chi connectivity index (χ0v) is 19.5. The summed E-state index contributed by atoms with van der Waals surface area (Å²) in [5, 5.41) is 0. The molecular formula is C28H37NO2. The first-order chi connectivity index (χ1) is 15.0. The molecule has 0 N–H and O–H groups in total. The second-order valence-corrected chi connectivity index (χ2v) is 8.97. The molecule has 2 aliphatic carbocycles. The molecule has 0 bridgehead atoms. The van der Waals surface area contributed by atoms with Gasteiger partial charge in [0.15, 0.2) is 5.78 Å². The van der Waals surface area contributed by atoms with Gasteiger partial charge in [-0.2, -0.15) is 0 Å². The number of hydrogen-bond donors (Lipinski definition) is 0. The second kappa shape index (κ2) is 10.7. The number of hydrogen-bond acceptors (Lipinski definition) is 3. The Morgan fingerprint density at radius 2 is 1.90 bits per heavy atom. The Morgan fingerprint density at radius 3 is 2.55 bits per heavy atom. The molecule has 1 aliphatic heterocycles. The predicted octanol–water partition coefficient (Wildman–Crippen LogP) is 6.61. The van der Waals surface area contributed by atoms with Crippen molar-refractivity contribution in [3.05, 3.63) is 71.1 Å². The first-order valence-corrected chi connectivity index (χ1v) is 11.9. The third-order valence-corrected chi connectivity index (χ3v) is 6.86. The number of nitrogens with zero attached hydrogens (tertiary/aromatic N) is 1. The molecule has 0 saturated heterocycles. The standard InChI is InChI=1S/C28H37NO2/c1-5-8-10-13-20(4)19-29-22(18-21-14-11-9-12-15-21)16-17-25-23(6-2)27(30)24(7-3)28(31)26(25)29/h5,7-8,10,13,16,21,23H,4,6,9,11-12,14-15,17-19H2,1-3H3/b8-5-,13-10-,24-7?. The highest BCUT2D eigenvalue weighted by atomic mass is 16.2. The maximum Gasteiger partial charge on any atom is 0.212 e. The Balaban J connectivity index is 1.97. The topological polar surface area (TPSA) is 37.4 Å². The van der Waals surface area contributed by atoms with Crippen LogP contribution in [0.5, 0.6) is 0 Å². The summed E-state index contributed by atoms with van der Waals surface area (Å²) < 4.78 is 0. The van der Waals surface area contributed by atoms with Crippen LogP contribution in [0.15, 0.2) is 71.1 Å². The summed E-state index contributed by atoms with van der Waals surface area (Å²) in [4.78, 5) is 28.6. The molecule has 0 aromatic carbocycles. The first-order valence-electron chi connectivity index (χ1n) is 11.9. The molecule has 0 radical (unpaired) electrons. The van der Waals surface area contributed by atoms with Crippen molar-refractivity contribution in [3.8, 4) is 0 Å². The van der Waals surface area contributed by atoms with Gasteiger partial charge in [-0.25, -0.2) is 0 Å². The van der Waals surface area contributed by atoms with Gasteiger partial charge < -0.3 is 4.90 Å². The molecule has 3 nitrogen and oxygen atoms in total. The van der Waals surface area contributed by atoms with E-state index in [1.54, 1.807) is 13.0 Å². The van der Waals surface area contributed by atoms with Crippen LogP contribution in [0.1, 0.15) is 72.1 Å². The van der Waals surface area contributed by atoms with E-state index in [1.807, 2.05) is 38.2 Å². The molecule has 0 spiro atoms. The van der Waals surface area contributed by atoms with Crippen molar-refractivity contribution in [3.63, 3.8) is 0 Å². The fourth-order valence-corrected chi connectivity index (χ4v) is 5.24. The molecule has 0 aromatic heterocycles. The fourth-order valence-electron chi connectivity index (χ4n) is 5.24. The van der Waals surface area contributed by atoms with E-state index in [2.05, 4.69) is 17.6 Å². The summed E-state index contributed by atoms with van der Waals surface area (Å²) in [5.74, 6) is 0.372.